The van der Waals surface area contributed by atoms with Crippen molar-refractivity contribution in [3.63, 3.8) is 0 Å². The van der Waals surface area contributed by atoms with Gasteiger partial charge in [-0.2, -0.15) is 0 Å². The van der Waals surface area contributed by atoms with Gasteiger partial charge in [-0.3, -0.25) is 14.7 Å². The molecule has 2 heterocycles. The number of H-pyrrole nitrogens is 1. The molecule has 0 aliphatic heterocycles. The number of ether oxygens (including phenoxy) is 1. The minimum absolute atomic E-state index is 0.0618. The number of fused-ring (bicyclic) bond motifs is 1. The molecule has 0 spiro atoms. The van der Waals surface area contributed by atoms with Gasteiger partial charge in [0, 0.05) is 11.6 Å². The van der Waals surface area contributed by atoms with Gasteiger partial charge in [-0.1, -0.05) is 47.6 Å². The van der Waals surface area contributed by atoms with Gasteiger partial charge in [-0.05, 0) is 24.3 Å². The molecule has 0 bridgehead atoms. The summed E-state index contributed by atoms with van der Waals surface area (Å²) in [6, 6.07) is 15.7. The van der Waals surface area contributed by atoms with Crippen LogP contribution in [0.3, 0.4) is 0 Å². The van der Waals surface area contributed by atoms with Crippen LogP contribution in [0, 0.1) is 0 Å². The summed E-state index contributed by atoms with van der Waals surface area (Å²) >= 11 is 7.44. The van der Waals surface area contributed by atoms with Crippen molar-refractivity contribution in [2.24, 2.45) is 0 Å². The largest absolute Gasteiger partial charge is 0.495 e. The molecular formula is C20H16ClN5O3S. The summed E-state index contributed by atoms with van der Waals surface area (Å²) in [5.74, 6) is 0.750. The van der Waals surface area contributed by atoms with Crippen LogP contribution in [0.4, 0.5) is 5.69 Å². The maximum absolute atomic E-state index is 12.5. The lowest BCUT2D eigenvalue weighted by atomic mass is 10.2. The second kappa shape index (κ2) is 8.60. The lowest BCUT2D eigenvalue weighted by Crippen LogP contribution is -2.15. The molecule has 152 valence electrons. The number of aromatic nitrogens is 4. The van der Waals surface area contributed by atoms with E-state index >= 15 is 0 Å². The number of methoxy groups -OCH3 is 1. The predicted octanol–water partition coefficient (Wildman–Crippen LogP) is 3.48. The summed E-state index contributed by atoms with van der Waals surface area (Å²) < 4.78 is 6.69. The number of nitrogens with zero attached hydrogens (tertiary/aromatic N) is 3. The summed E-state index contributed by atoms with van der Waals surface area (Å²) in [6.07, 6.45) is 0. The van der Waals surface area contributed by atoms with Crippen LogP contribution in [0.15, 0.2) is 64.5 Å². The molecule has 0 radical (unpaired) electrons. The Morgan fingerprint density at radius 1 is 1.20 bits per heavy atom. The highest BCUT2D eigenvalue weighted by atomic mass is 35.5. The lowest BCUT2D eigenvalue weighted by Gasteiger charge is -2.10. The van der Waals surface area contributed by atoms with Gasteiger partial charge in [-0.15, -0.1) is 0 Å². The number of carbonyl (C=O) groups is 1. The van der Waals surface area contributed by atoms with Gasteiger partial charge in [0.15, 0.2) is 16.6 Å². The molecule has 0 aliphatic carbocycles. The number of anilines is 1. The number of nitrogens with one attached hydrogen (secondary N) is 2. The Kier molecular flexibility index (Phi) is 5.73. The molecule has 0 saturated heterocycles. The zero-order chi connectivity index (χ0) is 21.1. The van der Waals surface area contributed by atoms with Crippen LogP contribution >= 0.6 is 23.4 Å². The summed E-state index contributed by atoms with van der Waals surface area (Å²) in [6.45, 7) is 0. The van der Waals surface area contributed by atoms with E-state index in [4.69, 9.17) is 16.3 Å². The van der Waals surface area contributed by atoms with Crippen LogP contribution < -0.4 is 15.6 Å². The number of amides is 1. The first kappa shape index (κ1) is 20.0. The van der Waals surface area contributed by atoms with Crippen LogP contribution in [0.1, 0.15) is 0 Å². The number of rotatable bonds is 6. The van der Waals surface area contributed by atoms with E-state index in [1.165, 1.54) is 17.7 Å². The van der Waals surface area contributed by atoms with Gasteiger partial charge in [0.05, 0.1) is 23.6 Å². The van der Waals surface area contributed by atoms with Gasteiger partial charge in [0.1, 0.15) is 5.75 Å². The third-order valence-electron chi connectivity index (χ3n) is 4.15. The van der Waals surface area contributed by atoms with E-state index in [0.717, 1.165) is 11.8 Å². The van der Waals surface area contributed by atoms with Crippen molar-refractivity contribution < 1.29 is 9.53 Å². The van der Waals surface area contributed by atoms with Crippen molar-refractivity contribution in [3.8, 4) is 17.1 Å². The minimum Gasteiger partial charge on any atom is -0.495 e. The minimum atomic E-state index is -0.319. The van der Waals surface area contributed by atoms with E-state index in [9.17, 15) is 9.59 Å². The summed E-state index contributed by atoms with van der Waals surface area (Å²) in [7, 11) is 1.54. The first-order valence-corrected chi connectivity index (χ1v) is 10.2. The standard InChI is InChI=1S/C20H16ClN5O3S/c1-29-15-9-5-4-8-14(15)22-18(28)11-30-20-24-19(12-6-2-3-7-13(12)21)23-16-10-17(27)25-26(16)20/h2-10H,11H2,1H3,(H,22,28)(H,25,27). The van der Waals surface area contributed by atoms with Crippen molar-refractivity contribution in [3.05, 3.63) is 70.0 Å². The lowest BCUT2D eigenvalue weighted by molar-refractivity contribution is -0.113. The topological polar surface area (TPSA) is 101 Å². The van der Waals surface area contributed by atoms with Gasteiger partial charge < -0.3 is 10.1 Å². The fourth-order valence-electron chi connectivity index (χ4n) is 2.81. The molecule has 0 unspecified atom stereocenters. The number of benzene rings is 2. The van der Waals surface area contributed by atoms with Crippen LogP contribution in [-0.2, 0) is 4.79 Å². The van der Waals surface area contributed by atoms with Gasteiger partial charge in [-0.25, -0.2) is 14.5 Å². The van der Waals surface area contributed by atoms with Gasteiger partial charge in [0.2, 0.25) is 5.91 Å². The van der Waals surface area contributed by atoms with Crippen molar-refractivity contribution >= 4 is 40.6 Å². The molecule has 10 heteroatoms. The highest BCUT2D eigenvalue weighted by Gasteiger charge is 2.15. The molecule has 0 atom stereocenters. The molecule has 2 aromatic heterocycles. The highest BCUT2D eigenvalue weighted by molar-refractivity contribution is 7.99. The van der Waals surface area contributed by atoms with Crippen LogP contribution in [0.5, 0.6) is 5.75 Å². The number of hydrogen-bond acceptors (Lipinski definition) is 6. The molecule has 1 amide bonds. The average Bonchev–Trinajstić information content (AvgIpc) is 3.13. The van der Waals surface area contributed by atoms with E-state index in [1.54, 1.807) is 30.3 Å². The Morgan fingerprint density at radius 2 is 1.97 bits per heavy atom. The number of thioether (sulfide) groups is 1. The molecule has 30 heavy (non-hydrogen) atoms. The van der Waals surface area contributed by atoms with E-state index in [2.05, 4.69) is 20.4 Å². The van der Waals surface area contributed by atoms with Crippen molar-refractivity contribution in [2.45, 2.75) is 5.16 Å². The molecule has 0 aliphatic rings. The monoisotopic (exact) mass is 441 g/mol. The highest BCUT2D eigenvalue weighted by Crippen LogP contribution is 2.27. The zero-order valence-electron chi connectivity index (χ0n) is 15.8. The summed E-state index contributed by atoms with van der Waals surface area (Å²) in [4.78, 5) is 33.2. The normalized spacial score (nSPS) is 10.9. The summed E-state index contributed by atoms with van der Waals surface area (Å²) in [5.41, 5.74) is 1.28. The molecule has 0 fully saturated rings. The Morgan fingerprint density at radius 3 is 2.77 bits per heavy atom. The molecule has 2 aromatic carbocycles. The molecule has 4 rings (SSSR count). The van der Waals surface area contributed by atoms with Gasteiger partial charge >= 0.3 is 0 Å². The molecule has 2 N–H and O–H groups in total. The van der Waals surface area contributed by atoms with Gasteiger partial charge in [0.25, 0.3) is 5.56 Å². The van der Waals surface area contributed by atoms with Crippen molar-refractivity contribution in [1.82, 2.24) is 19.6 Å². The molecule has 8 nitrogen and oxygen atoms in total. The maximum Gasteiger partial charge on any atom is 0.266 e. The quantitative estimate of drug-likeness (QED) is 0.444. The number of carbonyl (C=O) groups excluding carboxylic acids is 1. The Labute approximate surface area is 180 Å². The maximum atomic E-state index is 12.5. The Balaban J connectivity index is 1.61. The first-order valence-electron chi connectivity index (χ1n) is 8.85. The number of aromatic amines is 1. The van der Waals surface area contributed by atoms with E-state index < -0.39 is 0 Å². The zero-order valence-corrected chi connectivity index (χ0v) is 17.3. The van der Waals surface area contributed by atoms with Crippen LogP contribution in [0.25, 0.3) is 17.0 Å². The van der Waals surface area contributed by atoms with Crippen molar-refractivity contribution in [1.29, 1.82) is 0 Å². The second-order valence-corrected chi connectivity index (χ2v) is 7.51. The third-order valence-corrected chi connectivity index (χ3v) is 5.42. The second-order valence-electron chi connectivity index (χ2n) is 6.16. The fraction of sp³-hybridized carbons (Fsp3) is 0.100. The summed E-state index contributed by atoms with van der Waals surface area (Å²) in [5, 5.41) is 6.35. The molecule has 0 saturated carbocycles. The first-order chi connectivity index (χ1) is 14.5. The predicted molar refractivity (Wildman–Crippen MR) is 116 cm³/mol. The van der Waals surface area contributed by atoms with Crippen LogP contribution in [-0.4, -0.2) is 38.4 Å². The average molecular weight is 442 g/mol. The Bertz CT molecular complexity index is 1290. The molecular weight excluding hydrogens is 426 g/mol. The fourth-order valence-corrected chi connectivity index (χ4v) is 3.78. The van der Waals surface area contributed by atoms with Crippen LogP contribution in [0.2, 0.25) is 5.02 Å². The van der Waals surface area contributed by atoms with E-state index in [0.29, 0.717) is 38.7 Å². The Hall–Kier alpha value is -3.30. The number of hydrogen-bond donors (Lipinski definition) is 2. The van der Waals surface area contributed by atoms with Crippen molar-refractivity contribution in [2.75, 3.05) is 18.2 Å². The molecule has 4 aromatic rings. The SMILES string of the molecule is COc1ccccc1NC(=O)CSc1nc(-c2ccccc2Cl)nc2cc(=O)[nH]n12. The van der Waals surface area contributed by atoms with E-state index in [1.807, 2.05) is 18.2 Å². The van der Waals surface area contributed by atoms with E-state index in [-0.39, 0.29) is 17.2 Å². The third kappa shape index (κ3) is 4.17. The smallest absolute Gasteiger partial charge is 0.266 e. The number of halogens is 1. The number of para-hydroxylation sites is 2.